The third-order valence-electron chi connectivity index (χ3n) is 5.68. The molecule has 1 unspecified atom stereocenters. The third kappa shape index (κ3) is 7.12. The smallest absolute Gasteiger partial charge is 0.143 e. The van der Waals surface area contributed by atoms with Crippen LogP contribution in [-0.4, -0.2) is 5.78 Å². The van der Waals surface area contributed by atoms with E-state index in [4.69, 9.17) is 0 Å². The van der Waals surface area contributed by atoms with Crippen LogP contribution in [0.25, 0.3) is 0 Å². The zero-order valence-electron chi connectivity index (χ0n) is 17.4. The molecule has 1 atom stereocenters. The molecular weight excluding hydrogens is 304 g/mol. The van der Waals surface area contributed by atoms with Crippen LogP contribution in [0, 0.1) is 23.7 Å². The lowest BCUT2D eigenvalue weighted by Crippen LogP contribution is -2.37. The Hall–Kier alpha value is -0.850. The van der Waals surface area contributed by atoms with Crippen molar-refractivity contribution >= 4 is 5.78 Å². The van der Waals surface area contributed by atoms with Gasteiger partial charge >= 0.3 is 0 Å². The van der Waals surface area contributed by atoms with Gasteiger partial charge in [-0.25, -0.2) is 0 Å². The van der Waals surface area contributed by atoms with Gasteiger partial charge in [-0.15, -0.1) is 0 Å². The molecule has 0 aromatic carbocycles. The number of carbonyl (C=O) groups excluding carboxylic acids is 1. The van der Waals surface area contributed by atoms with Crippen molar-refractivity contribution in [2.45, 2.75) is 98.8 Å². The quantitative estimate of drug-likeness (QED) is 0.316. The minimum atomic E-state index is -0.380. The molecule has 0 bridgehead atoms. The van der Waals surface area contributed by atoms with Gasteiger partial charge < -0.3 is 0 Å². The molecule has 0 aliphatic heterocycles. The number of ketones is 1. The Balaban J connectivity index is 2.36. The molecule has 0 saturated carbocycles. The molecule has 0 heterocycles. The van der Waals surface area contributed by atoms with E-state index in [1.165, 1.54) is 56.9 Å². The normalized spacial score (nSPS) is 20.4. The average Bonchev–Trinajstić information content (AvgIpc) is 2.59. The first-order valence-electron chi connectivity index (χ1n) is 10.7. The van der Waals surface area contributed by atoms with Crippen molar-refractivity contribution in [3.05, 3.63) is 30.2 Å². The maximum Gasteiger partial charge on any atom is 0.143 e. The Kier molecular flexibility index (Phi) is 10.4. The number of Topliss-reactive ketones (excluding diaryl/α,β-unsaturated/α-hetero) is 1. The highest BCUT2D eigenvalue weighted by Crippen LogP contribution is 2.41. The second-order valence-corrected chi connectivity index (χ2v) is 8.41. The highest BCUT2D eigenvalue weighted by Gasteiger charge is 2.40. The molecule has 0 saturated heterocycles. The standard InChI is InChI=1S/C24H41O/c1-6-7-8-9-10-11-12-13-14-17-23(25)24(21(4)5)18-15-16-22(19-24)20(2)3/h15-16,18-21H,6-14,17H2,1-5H3. The minimum absolute atomic E-state index is 0.317. The molecule has 0 aromatic rings. The fourth-order valence-electron chi connectivity index (χ4n) is 3.72. The average molecular weight is 346 g/mol. The zero-order valence-corrected chi connectivity index (χ0v) is 17.4. The van der Waals surface area contributed by atoms with E-state index < -0.39 is 0 Å². The summed E-state index contributed by atoms with van der Waals surface area (Å²) in [4.78, 5) is 13.0. The summed E-state index contributed by atoms with van der Waals surface area (Å²) in [5.41, 5.74) is 0.922. The van der Waals surface area contributed by atoms with Crippen molar-refractivity contribution in [2.24, 2.45) is 17.3 Å². The van der Waals surface area contributed by atoms with Crippen molar-refractivity contribution in [1.29, 1.82) is 0 Å². The Morgan fingerprint density at radius 3 is 2.00 bits per heavy atom. The second kappa shape index (κ2) is 11.7. The summed E-state index contributed by atoms with van der Waals surface area (Å²) in [6.07, 6.45) is 21.1. The van der Waals surface area contributed by atoms with Crippen molar-refractivity contribution in [3.8, 4) is 0 Å². The topological polar surface area (TPSA) is 17.1 Å². The largest absolute Gasteiger partial charge is 0.299 e. The Morgan fingerprint density at radius 1 is 0.920 bits per heavy atom. The number of rotatable bonds is 13. The molecule has 1 heteroatoms. The molecule has 143 valence electrons. The summed E-state index contributed by atoms with van der Waals surface area (Å²) in [7, 11) is 0. The van der Waals surface area contributed by atoms with Gasteiger partial charge in [0.2, 0.25) is 0 Å². The predicted molar refractivity (Wildman–Crippen MR) is 110 cm³/mol. The van der Waals surface area contributed by atoms with E-state index in [9.17, 15) is 4.79 Å². The molecule has 0 fully saturated rings. The van der Waals surface area contributed by atoms with Crippen LogP contribution in [0.4, 0.5) is 0 Å². The lowest BCUT2D eigenvalue weighted by atomic mass is 9.65. The fraction of sp³-hybridized carbons (Fsp3) is 0.750. The van der Waals surface area contributed by atoms with Crippen molar-refractivity contribution in [3.63, 3.8) is 0 Å². The summed E-state index contributed by atoms with van der Waals surface area (Å²) >= 11 is 0. The number of hydrogen-bond acceptors (Lipinski definition) is 1. The van der Waals surface area contributed by atoms with Gasteiger partial charge in [0.25, 0.3) is 0 Å². The molecule has 1 radical (unpaired) electrons. The zero-order chi connectivity index (χ0) is 18.7. The maximum atomic E-state index is 13.0. The first-order chi connectivity index (χ1) is 11.9. The number of hydrogen-bond donors (Lipinski definition) is 0. The molecule has 1 aliphatic rings. The van der Waals surface area contributed by atoms with E-state index in [0.29, 0.717) is 17.6 Å². The van der Waals surface area contributed by atoms with E-state index in [-0.39, 0.29) is 5.41 Å². The van der Waals surface area contributed by atoms with Gasteiger partial charge in [0.05, 0.1) is 5.41 Å². The molecule has 1 aliphatic carbocycles. The highest BCUT2D eigenvalue weighted by molar-refractivity contribution is 5.89. The monoisotopic (exact) mass is 345 g/mol. The summed E-state index contributed by atoms with van der Waals surface area (Å²) < 4.78 is 0. The van der Waals surface area contributed by atoms with Crippen LogP contribution >= 0.6 is 0 Å². The molecular formula is C24H41O. The summed E-state index contributed by atoms with van der Waals surface area (Å²) in [6, 6.07) is 0. The molecule has 25 heavy (non-hydrogen) atoms. The fourth-order valence-corrected chi connectivity index (χ4v) is 3.72. The summed E-state index contributed by atoms with van der Waals surface area (Å²) in [5.74, 6) is 1.20. The van der Waals surface area contributed by atoms with Crippen LogP contribution in [0.15, 0.2) is 23.8 Å². The van der Waals surface area contributed by atoms with Gasteiger partial charge in [-0.05, 0) is 18.3 Å². The van der Waals surface area contributed by atoms with E-state index >= 15 is 0 Å². The van der Waals surface area contributed by atoms with Crippen molar-refractivity contribution in [2.75, 3.05) is 0 Å². The van der Waals surface area contributed by atoms with Crippen LogP contribution in [0.3, 0.4) is 0 Å². The van der Waals surface area contributed by atoms with E-state index in [0.717, 1.165) is 12.8 Å². The molecule has 0 amide bonds. The van der Waals surface area contributed by atoms with E-state index in [1.807, 2.05) is 0 Å². The van der Waals surface area contributed by atoms with E-state index in [1.54, 1.807) is 0 Å². The molecule has 1 nitrogen and oxygen atoms in total. The van der Waals surface area contributed by atoms with Crippen LogP contribution in [0.1, 0.15) is 98.8 Å². The highest BCUT2D eigenvalue weighted by atomic mass is 16.1. The van der Waals surface area contributed by atoms with E-state index in [2.05, 4.69) is 59.3 Å². The SMILES string of the molecule is CCCCCCCCCCCC(=O)C1(C(C)C)[CH]C(C(C)C)=CC=C1. The number of unbranched alkanes of at least 4 members (excludes halogenated alkanes) is 8. The summed E-state index contributed by atoms with van der Waals surface area (Å²) in [6.45, 7) is 11.0. The van der Waals surface area contributed by atoms with Crippen LogP contribution in [-0.2, 0) is 4.79 Å². The van der Waals surface area contributed by atoms with Crippen LogP contribution in [0.2, 0.25) is 0 Å². The Morgan fingerprint density at radius 2 is 1.48 bits per heavy atom. The molecule has 0 aromatic heterocycles. The summed E-state index contributed by atoms with van der Waals surface area (Å²) in [5, 5.41) is 0. The Bertz CT molecular complexity index is 441. The molecule has 1 rings (SSSR count). The second-order valence-electron chi connectivity index (χ2n) is 8.41. The van der Waals surface area contributed by atoms with Crippen molar-refractivity contribution in [1.82, 2.24) is 0 Å². The van der Waals surface area contributed by atoms with Gasteiger partial charge in [0.15, 0.2) is 0 Å². The number of carbonyl (C=O) groups is 1. The predicted octanol–water partition coefficient (Wildman–Crippen LogP) is 7.48. The molecule has 0 N–H and O–H groups in total. The van der Waals surface area contributed by atoms with Crippen molar-refractivity contribution < 1.29 is 4.79 Å². The minimum Gasteiger partial charge on any atom is -0.299 e. The van der Waals surface area contributed by atoms with Gasteiger partial charge in [-0.2, -0.15) is 0 Å². The first kappa shape index (κ1) is 22.2. The molecule has 0 spiro atoms. The maximum absolute atomic E-state index is 13.0. The van der Waals surface area contributed by atoms with Crippen LogP contribution < -0.4 is 0 Å². The number of allylic oxidation sites excluding steroid dienone is 4. The van der Waals surface area contributed by atoms with Gasteiger partial charge in [0.1, 0.15) is 5.78 Å². The third-order valence-corrected chi connectivity index (χ3v) is 5.68. The Labute approximate surface area is 157 Å². The lowest BCUT2D eigenvalue weighted by molar-refractivity contribution is -0.126. The van der Waals surface area contributed by atoms with Crippen LogP contribution in [0.5, 0.6) is 0 Å². The first-order valence-corrected chi connectivity index (χ1v) is 10.7. The van der Waals surface area contributed by atoms with Gasteiger partial charge in [-0.1, -0.05) is 110 Å². The lowest BCUT2D eigenvalue weighted by Gasteiger charge is -2.37. The van der Waals surface area contributed by atoms with Gasteiger partial charge in [-0.3, -0.25) is 4.79 Å². The van der Waals surface area contributed by atoms with Gasteiger partial charge in [0, 0.05) is 12.8 Å².